The number of anilines is 2. The summed E-state index contributed by atoms with van der Waals surface area (Å²) >= 11 is 0. The molecule has 0 radical (unpaired) electrons. The summed E-state index contributed by atoms with van der Waals surface area (Å²) < 4.78 is 1.59. The van der Waals surface area contributed by atoms with E-state index in [1.54, 1.807) is 11.6 Å². The van der Waals surface area contributed by atoms with Crippen molar-refractivity contribution in [3.05, 3.63) is 76.7 Å². The molecule has 2 aromatic carbocycles. The summed E-state index contributed by atoms with van der Waals surface area (Å²) in [6.45, 7) is 0.408. The summed E-state index contributed by atoms with van der Waals surface area (Å²) in [5.41, 5.74) is 2.79. The van der Waals surface area contributed by atoms with Gasteiger partial charge in [-0.05, 0) is 12.1 Å². The van der Waals surface area contributed by atoms with Crippen molar-refractivity contribution in [3.63, 3.8) is 0 Å². The Hall–Kier alpha value is -3.41. The van der Waals surface area contributed by atoms with Gasteiger partial charge in [0.25, 0.3) is 5.56 Å². The highest BCUT2D eigenvalue weighted by molar-refractivity contribution is 6.04. The maximum absolute atomic E-state index is 12.7. The molecule has 0 saturated carbocycles. The van der Waals surface area contributed by atoms with Crippen molar-refractivity contribution in [1.82, 2.24) is 9.55 Å². The maximum atomic E-state index is 12.7. The minimum Gasteiger partial charge on any atom is -0.326 e. The molecule has 0 bridgehead atoms. The Morgan fingerprint density at radius 3 is 2.44 bits per heavy atom. The molecule has 2 N–H and O–H groups in total. The van der Waals surface area contributed by atoms with E-state index >= 15 is 0 Å². The molecule has 1 aliphatic rings. The first-order chi connectivity index (χ1) is 12.2. The Bertz CT molecular complexity index is 994. The molecule has 2 heterocycles. The third-order valence-electron chi connectivity index (χ3n) is 4.07. The number of rotatable bonds is 2. The summed E-state index contributed by atoms with van der Waals surface area (Å²) in [6, 6.07) is 19.2. The summed E-state index contributed by atoms with van der Waals surface area (Å²) in [5.74, 6) is 1.26. The van der Waals surface area contributed by atoms with Crippen LogP contribution in [0.15, 0.2) is 70.5 Å². The second-order valence-electron chi connectivity index (χ2n) is 5.77. The normalized spacial score (nSPS) is 12.8. The molecular formula is C19H17N5O. The molecule has 0 unspecified atom stereocenters. The van der Waals surface area contributed by atoms with Gasteiger partial charge >= 0.3 is 0 Å². The summed E-state index contributed by atoms with van der Waals surface area (Å²) in [4.78, 5) is 21.7. The van der Waals surface area contributed by atoms with Crippen LogP contribution >= 0.6 is 0 Å². The Morgan fingerprint density at radius 1 is 1.04 bits per heavy atom. The molecule has 1 aromatic heterocycles. The molecule has 6 heteroatoms. The van der Waals surface area contributed by atoms with E-state index < -0.39 is 0 Å². The fourth-order valence-electron chi connectivity index (χ4n) is 2.77. The second-order valence-corrected chi connectivity index (χ2v) is 5.77. The van der Waals surface area contributed by atoms with Crippen molar-refractivity contribution in [2.45, 2.75) is 6.54 Å². The molecule has 25 heavy (non-hydrogen) atoms. The minimum absolute atomic E-state index is 0.140. The number of hydrogen-bond acceptors (Lipinski definition) is 5. The molecule has 4 rings (SSSR count). The van der Waals surface area contributed by atoms with Crippen LogP contribution in [0.1, 0.15) is 5.69 Å². The highest BCUT2D eigenvalue weighted by Gasteiger charge is 2.20. The topological polar surface area (TPSA) is 71.3 Å². The van der Waals surface area contributed by atoms with Crippen molar-refractivity contribution in [1.29, 1.82) is 0 Å². The smallest absolute Gasteiger partial charge is 0.278 e. The van der Waals surface area contributed by atoms with E-state index in [-0.39, 0.29) is 5.56 Å². The molecule has 1 aliphatic heterocycles. The van der Waals surface area contributed by atoms with Crippen molar-refractivity contribution in [2.75, 3.05) is 10.6 Å². The largest absolute Gasteiger partial charge is 0.326 e. The molecule has 0 aliphatic carbocycles. The lowest BCUT2D eigenvalue weighted by Crippen LogP contribution is -2.33. The average molecular weight is 331 g/mol. The average Bonchev–Trinajstić information content (AvgIpc) is 2.66. The highest BCUT2D eigenvalue weighted by atomic mass is 16.1. The fraction of sp³-hybridized carbons (Fsp3) is 0.105. The fourth-order valence-corrected chi connectivity index (χ4v) is 2.77. The zero-order valence-corrected chi connectivity index (χ0v) is 13.7. The maximum Gasteiger partial charge on any atom is 0.278 e. The second kappa shape index (κ2) is 6.24. The van der Waals surface area contributed by atoms with Crippen LogP contribution in [0.25, 0.3) is 11.3 Å². The lowest BCUT2D eigenvalue weighted by molar-refractivity contribution is 0.813. The zero-order valence-electron chi connectivity index (χ0n) is 13.7. The molecule has 0 amide bonds. The van der Waals surface area contributed by atoms with Crippen LogP contribution in [-0.2, 0) is 13.6 Å². The first-order valence-corrected chi connectivity index (χ1v) is 8.01. The number of para-hydroxylation sites is 1. The number of benzene rings is 2. The van der Waals surface area contributed by atoms with E-state index in [4.69, 9.17) is 0 Å². The SMILES string of the molecule is Cn1c2c(nc(-c3ccccc3)c1=O)CN=C(Nc1ccccc1)N2. The van der Waals surface area contributed by atoms with E-state index in [0.29, 0.717) is 24.0 Å². The number of aliphatic imine (C=N–C) groups is 1. The summed E-state index contributed by atoms with van der Waals surface area (Å²) in [7, 11) is 1.74. The predicted molar refractivity (Wildman–Crippen MR) is 99.7 cm³/mol. The third kappa shape index (κ3) is 2.89. The van der Waals surface area contributed by atoms with Crippen LogP contribution in [0, 0.1) is 0 Å². The molecule has 0 spiro atoms. The van der Waals surface area contributed by atoms with Gasteiger partial charge in [-0.3, -0.25) is 9.36 Å². The number of nitrogens with zero attached hydrogens (tertiary/aromatic N) is 3. The Kier molecular flexibility index (Phi) is 3.78. The van der Waals surface area contributed by atoms with Gasteiger partial charge in [0.15, 0.2) is 0 Å². The van der Waals surface area contributed by atoms with Crippen LogP contribution in [0.5, 0.6) is 0 Å². The Labute approximate surface area is 144 Å². The van der Waals surface area contributed by atoms with E-state index in [1.807, 2.05) is 60.7 Å². The number of fused-ring (bicyclic) bond motifs is 1. The van der Waals surface area contributed by atoms with Gasteiger partial charge in [0.05, 0.1) is 6.54 Å². The van der Waals surface area contributed by atoms with Gasteiger partial charge in [-0.15, -0.1) is 0 Å². The first kappa shape index (κ1) is 15.1. The quantitative estimate of drug-likeness (QED) is 0.757. The molecule has 124 valence electrons. The molecule has 3 aromatic rings. The summed E-state index contributed by atoms with van der Waals surface area (Å²) in [6.07, 6.45) is 0. The van der Waals surface area contributed by atoms with E-state index in [9.17, 15) is 4.79 Å². The zero-order chi connectivity index (χ0) is 17.2. The van der Waals surface area contributed by atoms with Crippen molar-refractivity contribution in [2.24, 2.45) is 12.0 Å². The van der Waals surface area contributed by atoms with Crippen LogP contribution in [0.4, 0.5) is 11.5 Å². The van der Waals surface area contributed by atoms with Gasteiger partial charge in [0.1, 0.15) is 17.2 Å². The number of hydrogen-bond donors (Lipinski definition) is 2. The van der Waals surface area contributed by atoms with Crippen molar-refractivity contribution in [3.8, 4) is 11.3 Å². The van der Waals surface area contributed by atoms with Gasteiger partial charge in [0.2, 0.25) is 5.96 Å². The van der Waals surface area contributed by atoms with Gasteiger partial charge in [-0.1, -0.05) is 48.5 Å². The van der Waals surface area contributed by atoms with E-state index in [1.165, 1.54) is 0 Å². The molecule has 0 atom stereocenters. The van der Waals surface area contributed by atoms with Crippen LogP contribution in [-0.4, -0.2) is 15.5 Å². The Balaban J connectivity index is 1.68. The number of nitrogens with one attached hydrogen (secondary N) is 2. The summed E-state index contributed by atoms with van der Waals surface area (Å²) in [5, 5.41) is 6.38. The van der Waals surface area contributed by atoms with Gasteiger partial charge in [0, 0.05) is 18.3 Å². The number of aromatic nitrogens is 2. The molecule has 0 saturated heterocycles. The monoisotopic (exact) mass is 331 g/mol. The molecule has 6 nitrogen and oxygen atoms in total. The van der Waals surface area contributed by atoms with Crippen LogP contribution in [0.2, 0.25) is 0 Å². The van der Waals surface area contributed by atoms with Crippen molar-refractivity contribution >= 4 is 17.5 Å². The predicted octanol–water partition coefficient (Wildman–Crippen LogP) is 2.84. The molecule has 0 fully saturated rings. The lowest BCUT2D eigenvalue weighted by Gasteiger charge is -2.21. The van der Waals surface area contributed by atoms with E-state index in [2.05, 4.69) is 20.6 Å². The minimum atomic E-state index is -0.140. The van der Waals surface area contributed by atoms with Crippen molar-refractivity contribution < 1.29 is 0 Å². The van der Waals surface area contributed by atoms with Crippen LogP contribution in [0.3, 0.4) is 0 Å². The molecular weight excluding hydrogens is 314 g/mol. The van der Waals surface area contributed by atoms with Gasteiger partial charge in [-0.25, -0.2) is 9.98 Å². The standard InChI is InChI=1S/C19H17N5O/c1-24-17-15(22-16(18(24)25)13-8-4-2-5-9-13)12-20-19(23-17)21-14-10-6-3-7-11-14/h2-11H,12H2,1H3,(H2,20,21,23). The number of guanidine groups is 1. The van der Waals surface area contributed by atoms with Crippen LogP contribution < -0.4 is 16.2 Å². The highest BCUT2D eigenvalue weighted by Crippen LogP contribution is 2.21. The van der Waals surface area contributed by atoms with Gasteiger partial charge < -0.3 is 10.6 Å². The van der Waals surface area contributed by atoms with E-state index in [0.717, 1.165) is 16.9 Å². The van der Waals surface area contributed by atoms with Gasteiger partial charge in [-0.2, -0.15) is 0 Å². The third-order valence-corrected chi connectivity index (χ3v) is 4.07. The Morgan fingerprint density at radius 2 is 1.72 bits per heavy atom. The first-order valence-electron chi connectivity index (χ1n) is 8.01. The lowest BCUT2D eigenvalue weighted by atomic mass is 10.1.